The topological polar surface area (TPSA) is 44.8 Å². The van der Waals surface area contributed by atoms with E-state index < -0.39 is 0 Å². The molecule has 1 N–H and O–H groups in total. The lowest BCUT2D eigenvalue weighted by Gasteiger charge is -2.38. The van der Waals surface area contributed by atoms with Gasteiger partial charge in [0, 0.05) is 38.3 Å². The highest BCUT2D eigenvalue weighted by Gasteiger charge is 2.24. The summed E-state index contributed by atoms with van der Waals surface area (Å²) in [4.78, 5) is 17.4. The molecule has 2 aromatic rings. The van der Waals surface area contributed by atoms with E-state index in [0.717, 1.165) is 31.9 Å². The lowest BCUT2D eigenvalue weighted by atomic mass is 10.1. The first kappa shape index (κ1) is 19.9. The number of amides is 1. The Labute approximate surface area is 165 Å². The molecule has 1 aliphatic heterocycles. The van der Waals surface area contributed by atoms with Gasteiger partial charge in [-0.25, -0.2) is 0 Å². The van der Waals surface area contributed by atoms with Crippen molar-refractivity contribution in [3.05, 3.63) is 52.2 Å². The largest absolute Gasteiger partial charge is 0.491 e. The quantitative estimate of drug-likeness (QED) is 0.792. The van der Waals surface area contributed by atoms with Crippen LogP contribution in [0.5, 0.6) is 5.75 Å². The van der Waals surface area contributed by atoms with E-state index >= 15 is 0 Å². The highest BCUT2D eigenvalue weighted by molar-refractivity contribution is 7.07. The van der Waals surface area contributed by atoms with Gasteiger partial charge in [0.2, 0.25) is 0 Å². The summed E-state index contributed by atoms with van der Waals surface area (Å²) in [7, 11) is 2.16. The van der Waals surface area contributed by atoms with Gasteiger partial charge >= 0.3 is 0 Å². The molecule has 0 saturated carbocycles. The number of hydrogen-bond donors (Lipinski definition) is 1. The van der Waals surface area contributed by atoms with Crippen molar-refractivity contribution >= 4 is 17.2 Å². The third kappa shape index (κ3) is 5.54. The van der Waals surface area contributed by atoms with Crippen molar-refractivity contribution in [1.82, 2.24) is 15.1 Å². The van der Waals surface area contributed by atoms with E-state index in [2.05, 4.69) is 39.0 Å². The molecule has 5 nitrogen and oxygen atoms in total. The number of ether oxygens (including phenoxy) is 1. The number of benzene rings is 1. The molecule has 0 unspecified atom stereocenters. The van der Waals surface area contributed by atoms with Crippen LogP contribution in [0.15, 0.2) is 41.1 Å². The molecule has 1 aromatic heterocycles. The minimum Gasteiger partial charge on any atom is -0.491 e. The summed E-state index contributed by atoms with van der Waals surface area (Å²) in [5, 5.41) is 7.42. The Balaban J connectivity index is 1.62. The molecule has 0 bridgehead atoms. The summed E-state index contributed by atoms with van der Waals surface area (Å²) in [5.74, 6) is 0.746. The van der Waals surface area contributed by atoms with Crippen LogP contribution in [-0.4, -0.2) is 61.6 Å². The van der Waals surface area contributed by atoms with Crippen LogP contribution >= 0.6 is 11.3 Å². The smallest absolute Gasteiger partial charge is 0.251 e. The van der Waals surface area contributed by atoms with Gasteiger partial charge < -0.3 is 15.0 Å². The minimum absolute atomic E-state index is 0.0412. The van der Waals surface area contributed by atoms with E-state index in [1.807, 2.05) is 38.1 Å². The highest BCUT2D eigenvalue weighted by Crippen LogP contribution is 2.24. The van der Waals surface area contributed by atoms with Crippen LogP contribution in [0.1, 0.15) is 35.8 Å². The molecule has 0 spiro atoms. The van der Waals surface area contributed by atoms with Gasteiger partial charge in [0.1, 0.15) is 5.75 Å². The number of carbonyl (C=O) groups excluding carboxylic acids is 1. The van der Waals surface area contributed by atoms with Crippen molar-refractivity contribution in [2.24, 2.45) is 0 Å². The van der Waals surface area contributed by atoms with E-state index in [0.29, 0.717) is 12.1 Å². The molecule has 1 amide bonds. The van der Waals surface area contributed by atoms with Crippen molar-refractivity contribution in [3.63, 3.8) is 0 Å². The molecule has 2 heterocycles. The maximum absolute atomic E-state index is 12.6. The third-order valence-electron chi connectivity index (χ3n) is 4.85. The number of nitrogens with zero attached hydrogens (tertiary/aromatic N) is 2. The summed E-state index contributed by atoms with van der Waals surface area (Å²) in [6.45, 7) is 8.76. The van der Waals surface area contributed by atoms with Gasteiger partial charge in [-0.15, -0.1) is 0 Å². The van der Waals surface area contributed by atoms with E-state index in [-0.39, 0.29) is 18.1 Å². The van der Waals surface area contributed by atoms with Crippen LogP contribution in [-0.2, 0) is 0 Å². The fourth-order valence-electron chi connectivity index (χ4n) is 3.30. The molecule has 1 aromatic carbocycles. The van der Waals surface area contributed by atoms with Crippen molar-refractivity contribution < 1.29 is 9.53 Å². The summed E-state index contributed by atoms with van der Waals surface area (Å²) >= 11 is 1.71. The monoisotopic (exact) mass is 387 g/mol. The second-order valence-electron chi connectivity index (χ2n) is 7.31. The second kappa shape index (κ2) is 9.35. The molecule has 1 fully saturated rings. The lowest BCUT2D eigenvalue weighted by molar-refractivity contribution is 0.0886. The molecule has 146 valence electrons. The van der Waals surface area contributed by atoms with Crippen LogP contribution in [0.25, 0.3) is 0 Å². The van der Waals surface area contributed by atoms with Gasteiger partial charge in [-0.3, -0.25) is 9.69 Å². The zero-order valence-corrected chi connectivity index (χ0v) is 17.2. The van der Waals surface area contributed by atoms with Crippen LogP contribution < -0.4 is 10.1 Å². The van der Waals surface area contributed by atoms with E-state index in [1.54, 1.807) is 11.3 Å². The van der Waals surface area contributed by atoms with Crippen LogP contribution in [0.3, 0.4) is 0 Å². The molecule has 27 heavy (non-hydrogen) atoms. The van der Waals surface area contributed by atoms with Gasteiger partial charge in [0.25, 0.3) is 5.91 Å². The van der Waals surface area contributed by atoms with E-state index in [1.165, 1.54) is 5.56 Å². The van der Waals surface area contributed by atoms with E-state index in [9.17, 15) is 4.79 Å². The first-order valence-electron chi connectivity index (χ1n) is 9.52. The molecule has 3 rings (SSSR count). The van der Waals surface area contributed by atoms with Crippen molar-refractivity contribution in [2.45, 2.75) is 26.0 Å². The number of carbonyl (C=O) groups is 1. The predicted molar refractivity (Wildman–Crippen MR) is 111 cm³/mol. The Morgan fingerprint density at radius 3 is 2.44 bits per heavy atom. The summed E-state index contributed by atoms with van der Waals surface area (Å²) in [6, 6.07) is 9.73. The van der Waals surface area contributed by atoms with Crippen LogP contribution in [0.2, 0.25) is 0 Å². The maximum Gasteiger partial charge on any atom is 0.251 e. The zero-order valence-electron chi connectivity index (χ0n) is 16.4. The maximum atomic E-state index is 12.6. The molecule has 0 aliphatic carbocycles. The Bertz CT molecular complexity index is 708. The highest BCUT2D eigenvalue weighted by atomic mass is 32.1. The lowest BCUT2D eigenvalue weighted by Crippen LogP contribution is -2.48. The Hall–Kier alpha value is -1.89. The van der Waals surface area contributed by atoms with Crippen LogP contribution in [0.4, 0.5) is 0 Å². The predicted octanol–water partition coefficient (Wildman–Crippen LogP) is 3.25. The number of piperazine rings is 1. The Morgan fingerprint density at radius 2 is 1.85 bits per heavy atom. The fourth-order valence-corrected chi connectivity index (χ4v) is 4.01. The molecule has 1 atom stereocenters. The normalized spacial score (nSPS) is 17.0. The minimum atomic E-state index is -0.0412. The summed E-state index contributed by atoms with van der Waals surface area (Å²) in [6.07, 6.45) is 0.125. The first-order valence-corrected chi connectivity index (χ1v) is 10.5. The number of thiophene rings is 1. The van der Waals surface area contributed by atoms with Crippen LogP contribution in [0, 0.1) is 0 Å². The van der Waals surface area contributed by atoms with Crippen molar-refractivity contribution in [2.75, 3.05) is 39.8 Å². The zero-order chi connectivity index (χ0) is 19.2. The van der Waals surface area contributed by atoms with Gasteiger partial charge in [-0.1, -0.05) is 0 Å². The molecule has 1 saturated heterocycles. The SMILES string of the molecule is CC(C)Oc1ccc(C(=O)NC[C@H](c2ccsc2)N2CCN(C)CC2)cc1. The van der Waals surface area contributed by atoms with Gasteiger partial charge in [-0.05, 0) is 67.6 Å². The molecule has 0 radical (unpaired) electrons. The van der Waals surface area contributed by atoms with Crippen molar-refractivity contribution in [1.29, 1.82) is 0 Å². The molecule has 1 aliphatic rings. The Kier molecular flexibility index (Phi) is 6.88. The number of likely N-dealkylation sites (N-methyl/N-ethyl adjacent to an activating group) is 1. The summed E-state index contributed by atoms with van der Waals surface area (Å²) < 4.78 is 5.64. The van der Waals surface area contributed by atoms with Gasteiger partial charge in [0.15, 0.2) is 0 Å². The number of rotatable bonds is 7. The molecular formula is C21H29N3O2S. The van der Waals surface area contributed by atoms with Crippen molar-refractivity contribution in [3.8, 4) is 5.75 Å². The third-order valence-corrected chi connectivity index (χ3v) is 5.55. The Morgan fingerprint density at radius 1 is 1.15 bits per heavy atom. The average Bonchev–Trinajstić information content (AvgIpc) is 3.18. The van der Waals surface area contributed by atoms with Gasteiger partial charge in [-0.2, -0.15) is 11.3 Å². The second-order valence-corrected chi connectivity index (χ2v) is 8.09. The molecular weight excluding hydrogens is 358 g/mol. The number of nitrogens with one attached hydrogen (secondary N) is 1. The average molecular weight is 388 g/mol. The fraction of sp³-hybridized carbons (Fsp3) is 0.476. The number of hydrogen-bond acceptors (Lipinski definition) is 5. The van der Waals surface area contributed by atoms with Gasteiger partial charge in [0.05, 0.1) is 12.1 Å². The summed E-state index contributed by atoms with van der Waals surface area (Å²) in [5.41, 5.74) is 1.94. The first-order chi connectivity index (χ1) is 13.0. The standard InChI is InChI=1S/C21H29N3O2S/c1-16(2)26-19-6-4-17(5-7-19)21(25)22-14-20(18-8-13-27-15-18)24-11-9-23(3)10-12-24/h4-8,13,15-16,20H,9-12,14H2,1-3H3,(H,22,25)/t20-/m1/s1. The van der Waals surface area contributed by atoms with E-state index in [4.69, 9.17) is 4.74 Å². The molecule has 6 heteroatoms.